The summed E-state index contributed by atoms with van der Waals surface area (Å²) >= 11 is 0. The third-order valence-corrected chi connectivity index (χ3v) is 5.90. The molecule has 5 rings (SSSR count). The van der Waals surface area contributed by atoms with Crippen molar-refractivity contribution in [3.8, 4) is 5.69 Å². The summed E-state index contributed by atoms with van der Waals surface area (Å²) in [6.07, 6.45) is 3.84. The number of allylic oxidation sites excluding steroid dienone is 1. The number of aliphatic imine (C=N–C) groups is 1. The minimum Gasteiger partial charge on any atom is -0.370 e. The monoisotopic (exact) mass is 366 g/mol. The summed E-state index contributed by atoms with van der Waals surface area (Å²) in [4.78, 5) is 33.1. The van der Waals surface area contributed by atoms with Crippen molar-refractivity contribution in [2.24, 2.45) is 10.7 Å². The normalized spacial score (nSPS) is 24.2. The van der Waals surface area contributed by atoms with Crippen LogP contribution in [0.5, 0.6) is 0 Å². The van der Waals surface area contributed by atoms with Gasteiger partial charge < -0.3 is 10.6 Å². The van der Waals surface area contributed by atoms with Crippen LogP contribution in [0.1, 0.15) is 37.8 Å². The number of aromatic nitrogens is 3. The maximum Gasteiger partial charge on any atom is 0.352 e. The lowest BCUT2D eigenvalue weighted by Crippen LogP contribution is -2.49. The van der Waals surface area contributed by atoms with Crippen molar-refractivity contribution in [2.45, 2.75) is 37.8 Å². The molecule has 1 aliphatic carbocycles. The van der Waals surface area contributed by atoms with E-state index >= 15 is 0 Å². The van der Waals surface area contributed by atoms with E-state index in [2.05, 4.69) is 4.99 Å². The van der Waals surface area contributed by atoms with E-state index in [1.807, 2.05) is 30.1 Å². The number of hydrogen-bond acceptors (Lipinski definition) is 5. The number of nitrogens with two attached hydrogens (primary N) is 1. The van der Waals surface area contributed by atoms with Gasteiger partial charge in [-0.05, 0) is 37.0 Å². The van der Waals surface area contributed by atoms with Gasteiger partial charge in [0.2, 0.25) is 0 Å². The Morgan fingerprint density at radius 1 is 1.04 bits per heavy atom. The van der Waals surface area contributed by atoms with E-state index in [1.54, 1.807) is 21.5 Å². The first-order valence-corrected chi connectivity index (χ1v) is 9.37. The summed E-state index contributed by atoms with van der Waals surface area (Å²) in [5.74, 6) is 0.462. The molecule has 0 saturated heterocycles. The van der Waals surface area contributed by atoms with E-state index in [4.69, 9.17) is 5.73 Å². The highest BCUT2D eigenvalue weighted by Crippen LogP contribution is 2.42. The van der Waals surface area contributed by atoms with Crippen LogP contribution in [-0.4, -0.2) is 38.4 Å². The molecule has 2 N–H and O–H groups in total. The Hall–Kier alpha value is -3.03. The zero-order valence-corrected chi connectivity index (χ0v) is 15.2. The van der Waals surface area contributed by atoms with Crippen molar-refractivity contribution in [3.63, 3.8) is 0 Å². The number of rotatable bonds is 1. The lowest BCUT2D eigenvalue weighted by Gasteiger charge is -2.40. The fourth-order valence-electron chi connectivity index (χ4n) is 4.60. The molecular weight excluding hydrogens is 344 g/mol. The summed E-state index contributed by atoms with van der Waals surface area (Å²) < 4.78 is 4.55. The summed E-state index contributed by atoms with van der Waals surface area (Å²) in [5, 5.41) is 0. The van der Waals surface area contributed by atoms with Crippen molar-refractivity contribution in [1.29, 1.82) is 0 Å². The van der Waals surface area contributed by atoms with Gasteiger partial charge in [-0.2, -0.15) is 0 Å². The number of likely N-dealkylation sites (N-methyl/N-ethyl adjacent to an activating group) is 1. The molecule has 3 aliphatic rings. The number of nitrogens with zero attached hydrogens (tertiary/aromatic N) is 5. The summed E-state index contributed by atoms with van der Waals surface area (Å²) in [5.41, 5.74) is 8.11. The molecule has 0 spiro atoms. The number of para-hydroxylation sites is 1. The third-order valence-electron chi connectivity index (χ3n) is 5.90. The zero-order chi connectivity index (χ0) is 18.7. The molecule has 0 unspecified atom stereocenters. The van der Waals surface area contributed by atoms with Crippen LogP contribution < -0.4 is 17.1 Å². The van der Waals surface area contributed by atoms with Crippen molar-refractivity contribution in [2.75, 3.05) is 13.6 Å². The lowest BCUT2D eigenvalue weighted by molar-refractivity contribution is 0.248. The van der Waals surface area contributed by atoms with Gasteiger partial charge in [0, 0.05) is 13.6 Å². The van der Waals surface area contributed by atoms with Crippen LogP contribution in [0.3, 0.4) is 0 Å². The van der Waals surface area contributed by atoms with Gasteiger partial charge in [-0.15, -0.1) is 0 Å². The Bertz CT molecular complexity index is 1090. The molecule has 1 saturated carbocycles. The Morgan fingerprint density at radius 2 is 1.74 bits per heavy atom. The number of benzene rings is 1. The van der Waals surface area contributed by atoms with Crippen LogP contribution in [0.2, 0.25) is 0 Å². The average molecular weight is 366 g/mol. The predicted octanol–water partition coefficient (Wildman–Crippen LogP) is 0.985. The first-order chi connectivity index (χ1) is 13.1. The maximum atomic E-state index is 13.3. The van der Waals surface area contributed by atoms with Crippen LogP contribution in [-0.2, 0) is 0 Å². The maximum absolute atomic E-state index is 13.3. The van der Waals surface area contributed by atoms with Crippen LogP contribution in [0.15, 0.2) is 56.2 Å². The molecule has 140 valence electrons. The van der Waals surface area contributed by atoms with Crippen molar-refractivity contribution < 1.29 is 0 Å². The van der Waals surface area contributed by atoms with E-state index in [0.29, 0.717) is 18.2 Å². The largest absolute Gasteiger partial charge is 0.370 e. The summed E-state index contributed by atoms with van der Waals surface area (Å²) in [7, 11) is 1.86. The van der Waals surface area contributed by atoms with Crippen molar-refractivity contribution in [1.82, 2.24) is 18.8 Å². The number of guanidine groups is 1. The highest BCUT2D eigenvalue weighted by atomic mass is 16.2. The molecule has 2 aliphatic heterocycles. The van der Waals surface area contributed by atoms with Crippen LogP contribution in [0, 0.1) is 0 Å². The second-order valence-corrected chi connectivity index (χ2v) is 7.46. The predicted molar refractivity (Wildman–Crippen MR) is 102 cm³/mol. The number of fused-ring (bicyclic) bond motifs is 5. The van der Waals surface area contributed by atoms with Crippen molar-refractivity contribution >= 4 is 5.96 Å². The molecular formula is C19H22N6O2. The van der Waals surface area contributed by atoms with Crippen molar-refractivity contribution in [3.05, 3.63) is 62.6 Å². The summed E-state index contributed by atoms with van der Waals surface area (Å²) in [6, 6.07) is 8.69. The van der Waals surface area contributed by atoms with Gasteiger partial charge >= 0.3 is 11.4 Å². The molecule has 1 aromatic carbocycles. The van der Waals surface area contributed by atoms with Crippen LogP contribution in [0.4, 0.5) is 0 Å². The zero-order valence-electron chi connectivity index (χ0n) is 15.2. The summed E-state index contributed by atoms with van der Waals surface area (Å²) in [6.45, 7) is 0.527. The van der Waals surface area contributed by atoms with E-state index < -0.39 is 0 Å². The first kappa shape index (κ1) is 16.2. The van der Waals surface area contributed by atoms with E-state index in [1.165, 1.54) is 4.57 Å². The fourth-order valence-corrected chi connectivity index (χ4v) is 4.60. The standard InChI is InChI=1S/C19H22N6O2/c1-22-11-15-16(21-17(22)20)13-9-5-6-10-14(13)24-18(26)23(19(27)25(15)24)12-7-3-2-4-8-12/h2-4,7-8,14-15H,5-6,9-11H2,1H3,(H2,20,21)/t14-,15+/m0/s1. The molecule has 3 heterocycles. The SMILES string of the molecule is CN1C[C@@H]2C(=C3CCCC[C@@H]3n3c(=O)n(-c4ccccc4)c(=O)n32)N=C1N. The van der Waals surface area contributed by atoms with Crippen LogP contribution in [0.25, 0.3) is 5.69 Å². The minimum absolute atomic E-state index is 0.116. The highest BCUT2D eigenvalue weighted by Gasteiger charge is 2.41. The Kier molecular flexibility index (Phi) is 3.43. The average Bonchev–Trinajstić information content (AvgIpc) is 2.95. The van der Waals surface area contributed by atoms with Gasteiger partial charge in [-0.3, -0.25) is 0 Å². The molecule has 8 nitrogen and oxygen atoms in total. The third kappa shape index (κ3) is 2.19. The van der Waals surface area contributed by atoms with Gasteiger partial charge in [0.1, 0.15) is 6.04 Å². The van der Waals surface area contributed by atoms with Gasteiger partial charge in [0.25, 0.3) is 0 Å². The van der Waals surface area contributed by atoms with Gasteiger partial charge in [-0.25, -0.2) is 28.5 Å². The quantitative estimate of drug-likeness (QED) is 0.815. The first-order valence-electron chi connectivity index (χ1n) is 9.37. The smallest absolute Gasteiger partial charge is 0.352 e. The molecule has 8 heteroatoms. The molecule has 0 radical (unpaired) electrons. The van der Waals surface area contributed by atoms with Gasteiger partial charge in [0.05, 0.1) is 17.4 Å². The van der Waals surface area contributed by atoms with E-state index in [0.717, 1.165) is 37.0 Å². The molecule has 0 bridgehead atoms. The van der Waals surface area contributed by atoms with Gasteiger partial charge in [0.15, 0.2) is 5.96 Å². The minimum atomic E-state index is -0.317. The molecule has 0 amide bonds. The molecule has 1 aromatic heterocycles. The number of hydrogen-bond donors (Lipinski definition) is 1. The van der Waals surface area contributed by atoms with Crippen LogP contribution >= 0.6 is 0 Å². The molecule has 1 fully saturated rings. The van der Waals surface area contributed by atoms with Gasteiger partial charge in [-0.1, -0.05) is 24.6 Å². The Balaban J connectivity index is 1.80. The Labute approximate surface area is 155 Å². The topological polar surface area (TPSA) is 90.5 Å². The highest BCUT2D eigenvalue weighted by molar-refractivity contribution is 5.80. The second kappa shape index (κ2) is 5.73. The lowest BCUT2D eigenvalue weighted by atomic mass is 9.85. The Morgan fingerprint density at radius 3 is 2.48 bits per heavy atom. The molecule has 2 aromatic rings. The second-order valence-electron chi connectivity index (χ2n) is 7.46. The molecule has 2 atom stereocenters. The van der Waals surface area contributed by atoms with E-state index in [9.17, 15) is 9.59 Å². The van der Waals surface area contributed by atoms with E-state index in [-0.39, 0.29) is 23.5 Å². The fraction of sp³-hybridized carbons (Fsp3) is 0.421. The molecule has 27 heavy (non-hydrogen) atoms.